The van der Waals surface area contributed by atoms with E-state index in [1.165, 1.54) is 12.8 Å². The van der Waals surface area contributed by atoms with Crippen LogP contribution in [0, 0.1) is 6.92 Å². The maximum absolute atomic E-state index is 11.5. The summed E-state index contributed by atoms with van der Waals surface area (Å²) in [5, 5.41) is 0. The van der Waals surface area contributed by atoms with Crippen LogP contribution in [0.15, 0.2) is 9.59 Å². The van der Waals surface area contributed by atoms with Crippen LogP contribution in [0.25, 0.3) is 0 Å². The van der Waals surface area contributed by atoms with E-state index in [0.717, 1.165) is 13.1 Å². The van der Waals surface area contributed by atoms with Crippen molar-refractivity contribution >= 4 is 0 Å². The van der Waals surface area contributed by atoms with E-state index in [1.54, 1.807) is 6.92 Å². The second-order valence-electron chi connectivity index (χ2n) is 4.00. The van der Waals surface area contributed by atoms with Gasteiger partial charge in [-0.1, -0.05) is 0 Å². The molecule has 0 unspecified atom stereocenters. The Morgan fingerprint density at radius 2 is 1.87 bits per heavy atom. The molecule has 2 rings (SSSR count). The zero-order valence-electron chi connectivity index (χ0n) is 8.80. The molecule has 0 amide bonds. The molecule has 1 aliphatic rings. The van der Waals surface area contributed by atoms with Crippen LogP contribution in [-0.4, -0.2) is 28.0 Å². The van der Waals surface area contributed by atoms with Crippen LogP contribution in [0.3, 0.4) is 0 Å². The van der Waals surface area contributed by atoms with Gasteiger partial charge in [0.15, 0.2) is 0 Å². The fourth-order valence-corrected chi connectivity index (χ4v) is 1.98. The number of nitrogens with one attached hydrogen (secondary N) is 2. The summed E-state index contributed by atoms with van der Waals surface area (Å²) in [6.07, 6.45) is 2.39. The molecule has 1 aromatic rings. The number of hydrogen-bond acceptors (Lipinski definition) is 3. The van der Waals surface area contributed by atoms with Crippen LogP contribution >= 0.6 is 0 Å². The van der Waals surface area contributed by atoms with E-state index in [4.69, 9.17) is 0 Å². The fourth-order valence-electron chi connectivity index (χ4n) is 1.98. The maximum Gasteiger partial charge on any atom is 0.325 e. The molecule has 0 aromatic carbocycles. The summed E-state index contributed by atoms with van der Waals surface area (Å²) in [5.41, 5.74) is 0.665. The summed E-state index contributed by atoms with van der Waals surface area (Å²) in [4.78, 5) is 29.6. The quantitative estimate of drug-likeness (QED) is 0.718. The van der Waals surface area contributed by atoms with E-state index in [0.29, 0.717) is 17.8 Å². The number of likely N-dealkylation sites (tertiary alicyclic amines) is 1. The minimum atomic E-state index is -0.428. The first-order valence-electron chi connectivity index (χ1n) is 5.21. The van der Waals surface area contributed by atoms with Gasteiger partial charge in [0.05, 0.1) is 5.56 Å². The van der Waals surface area contributed by atoms with Crippen LogP contribution in [0.5, 0.6) is 0 Å². The monoisotopic (exact) mass is 209 g/mol. The average Bonchev–Trinajstić information content (AvgIpc) is 2.63. The van der Waals surface area contributed by atoms with Crippen molar-refractivity contribution in [3.05, 3.63) is 32.1 Å². The number of hydrogen-bond donors (Lipinski definition) is 2. The van der Waals surface area contributed by atoms with Gasteiger partial charge in [-0.25, -0.2) is 4.79 Å². The molecule has 82 valence electrons. The summed E-state index contributed by atoms with van der Waals surface area (Å²) in [6, 6.07) is 0. The number of aromatic amines is 2. The Hall–Kier alpha value is -1.36. The van der Waals surface area contributed by atoms with Crippen molar-refractivity contribution in [2.75, 3.05) is 13.1 Å². The molecule has 2 N–H and O–H groups in total. The van der Waals surface area contributed by atoms with E-state index in [1.807, 2.05) is 0 Å². The van der Waals surface area contributed by atoms with Crippen molar-refractivity contribution < 1.29 is 0 Å². The lowest BCUT2D eigenvalue weighted by molar-refractivity contribution is 0.328. The first-order chi connectivity index (χ1) is 7.16. The molecule has 0 saturated carbocycles. The van der Waals surface area contributed by atoms with Crippen molar-refractivity contribution in [1.82, 2.24) is 14.9 Å². The lowest BCUT2D eigenvalue weighted by Gasteiger charge is -2.14. The van der Waals surface area contributed by atoms with Crippen LogP contribution in [0.4, 0.5) is 0 Å². The highest BCUT2D eigenvalue weighted by Gasteiger charge is 2.15. The minimum absolute atomic E-state index is 0.261. The molecule has 0 radical (unpaired) electrons. The molecular weight excluding hydrogens is 194 g/mol. The molecule has 1 aromatic heterocycles. The van der Waals surface area contributed by atoms with Gasteiger partial charge in [-0.2, -0.15) is 0 Å². The van der Waals surface area contributed by atoms with Crippen molar-refractivity contribution in [2.24, 2.45) is 0 Å². The van der Waals surface area contributed by atoms with E-state index >= 15 is 0 Å². The van der Waals surface area contributed by atoms with Crippen LogP contribution in [0.1, 0.15) is 24.1 Å². The van der Waals surface area contributed by atoms with E-state index in [9.17, 15) is 9.59 Å². The third-order valence-electron chi connectivity index (χ3n) is 2.84. The van der Waals surface area contributed by atoms with Crippen LogP contribution in [0.2, 0.25) is 0 Å². The van der Waals surface area contributed by atoms with Gasteiger partial charge in [0, 0.05) is 12.2 Å². The SMILES string of the molecule is Cc1[nH]c(=O)[nH]c(=O)c1CN1CCCC1. The summed E-state index contributed by atoms with van der Waals surface area (Å²) >= 11 is 0. The van der Waals surface area contributed by atoms with Gasteiger partial charge >= 0.3 is 5.69 Å². The fraction of sp³-hybridized carbons (Fsp3) is 0.600. The standard InChI is InChI=1S/C10H15N3O2/c1-7-8(6-13-4-2-3-5-13)9(14)12-10(15)11-7/h2-6H2,1H3,(H2,11,12,14,15). The zero-order chi connectivity index (χ0) is 10.8. The molecule has 1 fully saturated rings. The highest BCUT2D eigenvalue weighted by molar-refractivity contribution is 5.14. The Morgan fingerprint density at radius 1 is 1.20 bits per heavy atom. The van der Waals surface area contributed by atoms with Crippen molar-refractivity contribution in [2.45, 2.75) is 26.3 Å². The highest BCUT2D eigenvalue weighted by atomic mass is 16.2. The molecule has 2 heterocycles. The topological polar surface area (TPSA) is 69.0 Å². The number of rotatable bonds is 2. The molecule has 0 atom stereocenters. The first-order valence-corrected chi connectivity index (χ1v) is 5.21. The van der Waals surface area contributed by atoms with E-state index in [-0.39, 0.29) is 5.56 Å². The molecule has 1 aliphatic heterocycles. The van der Waals surface area contributed by atoms with Gasteiger partial charge < -0.3 is 4.98 Å². The van der Waals surface area contributed by atoms with Crippen molar-refractivity contribution in [1.29, 1.82) is 0 Å². The lowest BCUT2D eigenvalue weighted by Crippen LogP contribution is -2.31. The summed E-state index contributed by atoms with van der Waals surface area (Å²) in [7, 11) is 0. The van der Waals surface area contributed by atoms with Gasteiger partial charge in [-0.3, -0.25) is 14.7 Å². The largest absolute Gasteiger partial charge is 0.325 e. The summed E-state index contributed by atoms with van der Waals surface area (Å²) in [6.45, 7) is 4.48. The van der Waals surface area contributed by atoms with Gasteiger partial charge in [0.2, 0.25) is 0 Å². The molecule has 15 heavy (non-hydrogen) atoms. The predicted octanol–water partition coefficient (Wildman–Crippen LogP) is -0.0326. The van der Waals surface area contributed by atoms with Gasteiger partial charge in [-0.05, 0) is 32.9 Å². The Bertz CT molecular complexity index is 454. The average molecular weight is 209 g/mol. The lowest BCUT2D eigenvalue weighted by atomic mass is 10.2. The zero-order valence-corrected chi connectivity index (χ0v) is 8.80. The number of aryl methyl sites for hydroxylation is 1. The molecule has 0 aliphatic carbocycles. The first kappa shape index (κ1) is 10.2. The van der Waals surface area contributed by atoms with Crippen LogP contribution < -0.4 is 11.2 Å². The molecule has 0 spiro atoms. The summed E-state index contributed by atoms with van der Waals surface area (Å²) < 4.78 is 0. The molecular formula is C10H15N3O2. The summed E-state index contributed by atoms with van der Waals surface area (Å²) in [5.74, 6) is 0. The van der Waals surface area contributed by atoms with E-state index < -0.39 is 5.69 Å². The third kappa shape index (κ3) is 2.18. The molecule has 1 saturated heterocycles. The predicted molar refractivity (Wildman–Crippen MR) is 56.9 cm³/mol. The smallest absolute Gasteiger partial charge is 0.311 e. The van der Waals surface area contributed by atoms with Crippen molar-refractivity contribution in [3.63, 3.8) is 0 Å². The van der Waals surface area contributed by atoms with Crippen LogP contribution in [-0.2, 0) is 6.54 Å². The highest BCUT2D eigenvalue weighted by Crippen LogP contribution is 2.10. The number of nitrogens with zero attached hydrogens (tertiary/aromatic N) is 1. The Kier molecular flexibility index (Phi) is 2.73. The molecule has 5 heteroatoms. The molecule has 0 bridgehead atoms. The maximum atomic E-state index is 11.5. The second-order valence-corrected chi connectivity index (χ2v) is 4.00. The Labute approximate surface area is 87.1 Å². The number of H-pyrrole nitrogens is 2. The molecule has 5 nitrogen and oxygen atoms in total. The van der Waals surface area contributed by atoms with Crippen molar-refractivity contribution in [3.8, 4) is 0 Å². The second kappa shape index (κ2) is 4.02. The van der Waals surface area contributed by atoms with Gasteiger partial charge in [0.25, 0.3) is 5.56 Å². The van der Waals surface area contributed by atoms with Gasteiger partial charge in [-0.15, -0.1) is 0 Å². The Morgan fingerprint density at radius 3 is 2.47 bits per heavy atom. The number of aromatic nitrogens is 2. The Balaban J connectivity index is 2.27. The van der Waals surface area contributed by atoms with E-state index in [2.05, 4.69) is 14.9 Å². The minimum Gasteiger partial charge on any atom is -0.311 e. The third-order valence-corrected chi connectivity index (χ3v) is 2.84. The van der Waals surface area contributed by atoms with Gasteiger partial charge in [0.1, 0.15) is 0 Å². The normalized spacial score (nSPS) is 17.1.